The Morgan fingerprint density at radius 1 is 1.11 bits per heavy atom. The molecule has 0 unspecified atom stereocenters. The first-order valence-corrected chi connectivity index (χ1v) is 6.43. The fourth-order valence-electron chi connectivity index (χ4n) is 1.54. The quantitative estimate of drug-likeness (QED) is 0.793. The molecule has 0 radical (unpaired) electrons. The van der Waals surface area contributed by atoms with Crippen LogP contribution < -0.4 is 10.6 Å². The highest BCUT2D eigenvalue weighted by Gasteiger charge is 2.00. The van der Waals surface area contributed by atoms with Crippen molar-refractivity contribution in [2.45, 2.75) is 6.54 Å². The molecule has 0 atom stereocenters. The van der Waals surface area contributed by atoms with Crippen molar-refractivity contribution in [1.29, 1.82) is 0 Å². The van der Waals surface area contributed by atoms with Crippen LogP contribution in [0.15, 0.2) is 41.0 Å². The minimum absolute atomic E-state index is 0.633. The largest absolute Gasteiger partial charge is 0.468 e. The number of nitrogens with one attached hydrogen (secondary N) is 2. The Bertz CT molecular complexity index is 486. The van der Waals surface area contributed by atoms with E-state index in [0.29, 0.717) is 10.0 Å². The number of hydrogen-bond acceptors (Lipinski definition) is 3. The van der Waals surface area contributed by atoms with Crippen LogP contribution in [-0.2, 0) is 6.54 Å². The second kappa shape index (κ2) is 6.69. The van der Waals surface area contributed by atoms with Crippen molar-refractivity contribution in [3.63, 3.8) is 0 Å². The predicted molar refractivity (Wildman–Crippen MR) is 75.4 cm³/mol. The highest BCUT2D eigenvalue weighted by Crippen LogP contribution is 2.24. The second-order valence-electron chi connectivity index (χ2n) is 3.81. The highest BCUT2D eigenvalue weighted by atomic mass is 35.5. The lowest BCUT2D eigenvalue weighted by Gasteiger charge is -2.09. The summed E-state index contributed by atoms with van der Waals surface area (Å²) in [6, 6.07) is 9.23. The zero-order chi connectivity index (χ0) is 12.8. The number of furan rings is 1. The molecule has 3 nitrogen and oxygen atoms in total. The Hall–Kier alpha value is -1.16. The average Bonchev–Trinajstić information content (AvgIpc) is 2.84. The summed E-state index contributed by atoms with van der Waals surface area (Å²) in [6.07, 6.45) is 1.67. The molecule has 0 bridgehead atoms. The summed E-state index contributed by atoms with van der Waals surface area (Å²) < 4.78 is 5.21. The van der Waals surface area contributed by atoms with Gasteiger partial charge in [-0.15, -0.1) is 0 Å². The molecule has 1 heterocycles. The molecule has 1 aromatic heterocycles. The minimum Gasteiger partial charge on any atom is -0.468 e. The summed E-state index contributed by atoms with van der Waals surface area (Å²) in [5, 5.41) is 7.77. The van der Waals surface area contributed by atoms with Crippen LogP contribution in [0.3, 0.4) is 0 Å². The van der Waals surface area contributed by atoms with Crippen LogP contribution in [0.5, 0.6) is 0 Å². The van der Waals surface area contributed by atoms with Crippen molar-refractivity contribution >= 4 is 28.9 Å². The first kappa shape index (κ1) is 13.3. The lowest BCUT2D eigenvalue weighted by molar-refractivity contribution is 0.486. The van der Waals surface area contributed by atoms with Gasteiger partial charge in [0.1, 0.15) is 5.76 Å². The van der Waals surface area contributed by atoms with Crippen molar-refractivity contribution in [1.82, 2.24) is 5.32 Å². The molecular weight excluding hydrogens is 271 g/mol. The van der Waals surface area contributed by atoms with E-state index >= 15 is 0 Å². The highest BCUT2D eigenvalue weighted by molar-refractivity contribution is 6.36. The van der Waals surface area contributed by atoms with Gasteiger partial charge in [-0.3, -0.25) is 0 Å². The standard InChI is InChI=1S/C13H14Cl2N2O/c14-10-3-4-13(12(15)8-10)17-6-5-16-9-11-2-1-7-18-11/h1-4,7-8,16-17H,5-6,9H2. The molecule has 0 fully saturated rings. The third kappa shape index (κ3) is 3.95. The molecule has 2 N–H and O–H groups in total. The van der Waals surface area contributed by atoms with Crippen molar-refractivity contribution in [3.05, 3.63) is 52.4 Å². The summed E-state index contributed by atoms with van der Waals surface area (Å²) in [6.45, 7) is 2.32. The smallest absolute Gasteiger partial charge is 0.117 e. The maximum absolute atomic E-state index is 6.04. The minimum atomic E-state index is 0.633. The van der Waals surface area contributed by atoms with Gasteiger partial charge in [0.25, 0.3) is 0 Å². The number of rotatable bonds is 6. The molecular formula is C13H14Cl2N2O. The van der Waals surface area contributed by atoms with Gasteiger partial charge >= 0.3 is 0 Å². The number of hydrogen-bond donors (Lipinski definition) is 2. The van der Waals surface area contributed by atoms with Crippen molar-refractivity contribution in [3.8, 4) is 0 Å². The molecule has 96 valence electrons. The Morgan fingerprint density at radius 3 is 2.72 bits per heavy atom. The Morgan fingerprint density at radius 2 is 2.00 bits per heavy atom. The molecule has 5 heteroatoms. The van der Waals surface area contributed by atoms with E-state index in [9.17, 15) is 0 Å². The van der Waals surface area contributed by atoms with Crippen molar-refractivity contribution in [2.24, 2.45) is 0 Å². The number of halogens is 2. The van der Waals surface area contributed by atoms with E-state index in [4.69, 9.17) is 27.6 Å². The average molecular weight is 285 g/mol. The summed E-state index contributed by atoms with van der Waals surface area (Å²) in [7, 11) is 0. The molecule has 18 heavy (non-hydrogen) atoms. The van der Waals surface area contributed by atoms with Crippen molar-refractivity contribution in [2.75, 3.05) is 18.4 Å². The third-order valence-corrected chi connectivity index (χ3v) is 2.98. The van der Waals surface area contributed by atoms with Crippen LogP contribution in [0.25, 0.3) is 0 Å². The van der Waals surface area contributed by atoms with Crippen molar-refractivity contribution < 1.29 is 4.42 Å². The Labute approximate surface area is 116 Å². The lowest BCUT2D eigenvalue weighted by Crippen LogP contribution is -2.21. The van der Waals surface area contributed by atoms with Crippen LogP contribution in [0.1, 0.15) is 5.76 Å². The summed E-state index contributed by atoms with van der Waals surface area (Å²) >= 11 is 11.9. The van der Waals surface area contributed by atoms with E-state index in [1.165, 1.54) is 0 Å². The van der Waals surface area contributed by atoms with Crippen LogP contribution in [-0.4, -0.2) is 13.1 Å². The fourth-order valence-corrected chi connectivity index (χ4v) is 2.02. The van der Waals surface area contributed by atoms with E-state index in [-0.39, 0.29) is 0 Å². The topological polar surface area (TPSA) is 37.2 Å². The molecule has 2 aromatic rings. The van der Waals surface area contributed by atoms with E-state index < -0.39 is 0 Å². The lowest BCUT2D eigenvalue weighted by atomic mass is 10.3. The summed E-state index contributed by atoms with van der Waals surface area (Å²) in [5.74, 6) is 0.930. The maximum Gasteiger partial charge on any atom is 0.117 e. The van der Waals surface area contributed by atoms with Gasteiger partial charge in [0.2, 0.25) is 0 Å². The third-order valence-electron chi connectivity index (χ3n) is 2.43. The molecule has 0 aliphatic heterocycles. The van der Waals surface area contributed by atoms with Crippen LogP contribution in [0.4, 0.5) is 5.69 Å². The van der Waals surface area contributed by atoms with E-state index in [0.717, 1.165) is 31.1 Å². The molecule has 0 spiro atoms. The van der Waals surface area contributed by atoms with Gasteiger partial charge < -0.3 is 15.1 Å². The van der Waals surface area contributed by atoms with Gasteiger partial charge in [0, 0.05) is 18.1 Å². The van der Waals surface area contributed by atoms with Crippen LogP contribution in [0, 0.1) is 0 Å². The van der Waals surface area contributed by atoms with E-state index in [1.54, 1.807) is 12.3 Å². The van der Waals surface area contributed by atoms with Gasteiger partial charge in [0.05, 0.1) is 23.5 Å². The predicted octanol–water partition coefficient (Wildman–Crippen LogP) is 3.79. The molecule has 1 aromatic carbocycles. The monoisotopic (exact) mass is 284 g/mol. The molecule has 0 aliphatic rings. The van der Waals surface area contributed by atoms with Gasteiger partial charge in [-0.05, 0) is 30.3 Å². The maximum atomic E-state index is 6.04. The normalized spacial score (nSPS) is 10.6. The SMILES string of the molecule is Clc1ccc(NCCNCc2ccco2)c(Cl)c1. The van der Waals surface area contributed by atoms with Gasteiger partial charge in [-0.25, -0.2) is 0 Å². The fraction of sp³-hybridized carbons (Fsp3) is 0.231. The van der Waals surface area contributed by atoms with Crippen LogP contribution >= 0.6 is 23.2 Å². The van der Waals surface area contributed by atoms with E-state index in [1.807, 2.05) is 24.3 Å². The summed E-state index contributed by atoms with van der Waals surface area (Å²) in [4.78, 5) is 0. The van der Waals surface area contributed by atoms with Gasteiger partial charge in [-0.2, -0.15) is 0 Å². The Kier molecular flexibility index (Phi) is 4.93. The molecule has 0 amide bonds. The summed E-state index contributed by atoms with van der Waals surface area (Å²) in [5.41, 5.74) is 0.890. The van der Waals surface area contributed by atoms with Gasteiger partial charge in [-0.1, -0.05) is 23.2 Å². The second-order valence-corrected chi connectivity index (χ2v) is 4.65. The first-order chi connectivity index (χ1) is 8.75. The number of anilines is 1. The number of benzene rings is 1. The molecule has 0 aliphatic carbocycles. The first-order valence-electron chi connectivity index (χ1n) is 5.68. The molecule has 0 saturated heterocycles. The van der Waals surface area contributed by atoms with Crippen LogP contribution in [0.2, 0.25) is 10.0 Å². The Balaban J connectivity index is 1.69. The van der Waals surface area contributed by atoms with E-state index in [2.05, 4.69) is 10.6 Å². The molecule has 2 rings (SSSR count). The van der Waals surface area contributed by atoms with Gasteiger partial charge in [0.15, 0.2) is 0 Å². The molecule has 0 saturated carbocycles. The zero-order valence-electron chi connectivity index (χ0n) is 9.75. The zero-order valence-corrected chi connectivity index (χ0v) is 11.3.